The molecule has 0 saturated carbocycles. The molecule has 3 rings (SSSR count). The first-order valence-corrected chi connectivity index (χ1v) is 5.81. The minimum absolute atomic E-state index is 0. The summed E-state index contributed by atoms with van der Waals surface area (Å²) >= 11 is 0. The van der Waals surface area contributed by atoms with Gasteiger partial charge in [0, 0.05) is 25.8 Å². The van der Waals surface area contributed by atoms with Crippen molar-refractivity contribution in [3.63, 3.8) is 0 Å². The van der Waals surface area contributed by atoms with Crippen molar-refractivity contribution >= 4 is 0 Å². The third kappa shape index (κ3) is 2.65. The summed E-state index contributed by atoms with van der Waals surface area (Å²) in [6.07, 6.45) is 0. The summed E-state index contributed by atoms with van der Waals surface area (Å²) in [5.74, 6) is 1.69. The van der Waals surface area contributed by atoms with Crippen LogP contribution in [0.2, 0.25) is 0 Å². The number of para-hydroxylation sites is 1. The van der Waals surface area contributed by atoms with Crippen molar-refractivity contribution < 1.29 is 20.1 Å². The van der Waals surface area contributed by atoms with Gasteiger partial charge in [-0.1, -0.05) is 18.2 Å². The number of rotatable bonds is 2. The van der Waals surface area contributed by atoms with E-state index in [1.54, 1.807) is 0 Å². The maximum atomic E-state index is 4.24. The summed E-state index contributed by atoms with van der Waals surface area (Å²) in [4.78, 5) is 0. The molecular weight excluding hydrogens is 414 g/mol. The standard InChI is InChI=1S/C15H12N3.Ir/c1-12-16-17-15(13-8-4-2-5-9-13)18(12)14-10-6-3-7-11-14;/h2-8,10-11H,1H3;/q-1;. The van der Waals surface area contributed by atoms with Gasteiger partial charge in [0.1, 0.15) is 5.82 Å². The van der Waals surface area contributed by atoms with Crippen LogP contribution in [0.25, 0.3) is 17.1 Å². The Morgan fingerprint density at radius 2 is 1.68 bits per heavy atom. The summed E-state index contributed by atoms with van der Waals surface area (Å²) < 4.78 is 2.03. The van der Waals surface area contributed by atoms with Gasteiger partial charge >= 0.3 is 0 Å². The average Bonchev–Trinajstić information content (AvgIpc) is 2.83. The Morgan fingerprint density at radius 1 is 0.947 bits per heavy atom. The maximum absolute atomic E-state index is 4.24. The molecule has 0 fully saturated rings. The van der Waals surface area contributed by atoms with Crippen LogP contribution in [0.3, 0.4) is 0 Å². The van der Waals surface area contributed by atoms with Gasteiger partial charge in [0.2, 0.25) is 0 Å². The average molecular weight is 426 g/mol. The smallest absolute Gasteiger partial charge is 0.125 e. The molecule has 3 aromatic rings. The first-order valence-electron chi connectivity index (χ1n) is 5.81. The molecule has 4 heteroatoms. The summed E-state index contributed by atoms with van der Waals surface area (Å²) in [6, 6.07) is 21.1. The molecule has 1 heterocycles. The molecule has 0 saturated heterocycles. The molecule has 0 amide bonds. The second kappa shape index (κ2) is 5.91. The molecule has 1 radical (unpaired) electrons. The van der Waals surface area contributed by atoms with Crippen LogP contribution in [-0.2, 0) is 20.1 Å². The second-order valence-electron chi connectivity index (χ2n) is 4.02. The molecule has 2 aromatic carbocycles. The Balaban J connectivity index is 0.00000133. The van der Waals surface area contributed by atoms with Crippen LogP contribution >= 0.6 is 0 Å². The molecule has 97 valence electrons. The van der Waals surface area contributed by atoms with Crippen LogP contribution in [-0.4, -0.2) is 14.8 Å². The molecule has 0 aliphatic carbocycles. The van der Waals surface area contributed by atoms with Crippen molar-refractivity contribution in [2.75, 3.05) is 0 Å². The first-order chi connectivity index (χ1) is 8.86. The molecule has 3 nitrogen and oxygen atoms in total. The molecule has 0 bridgehead atoms. The van der Waals surface area contributed by atoms with E-state index in [0.717, 1.165) is 22.9 Å². The second-order valence-corrected chi connectivity index (χ2v) is 4.02. The Bertz CT molecular complexity index is 648. The summed E-state index contributed by atoms with van der Waals surface area (Å²) in [6.45, 7) is 1.95. The zero-order valence-electron chi connectivity index (χ0n) is 10.4. The van der Waals surface area contributed by atoms with E-state index in [0.29, 0.717) is 0 Å². The Hall–Kier alpha value is -1.77. The number of benzene rings is 2. The number of aryl methyl sites for hydroxylation is 1. The molecular formula is C15H12IrN3-. The van der Waals surface area contributed by atoms with Crippen LogP contribution in [0.5, 0.6) is 0 Å². The van der Waals surface area contributed by atoms with Gasteiger partial charge in [-0.15, -0.1) is 41.0 Å². The van der Waals surface area contributed by atoms with Crippen molar-refractivity contribution in [3.05, 3.63) is 66.5 Å². The van der Waals surface area contributed by atoms with Crippen molar-refractivity contribution in [1.82, 2.24) is 14.8 Å². The molecule has 0 aliphatic heterocycles. The van der Waals surface area contributed by atoms with Crippen molar-refractivity contribution in [2.24, 2.45) is 0 Å². The molecule has 0 N–H and O–H groups in total. The third-order valence-corrected chi connectivity index (χ3v) is 2.79. The Morgan fingerprint density at radius 3 is 2.37 bits per heavy atom. The normalized spacial score (nSPS) is 9.95. The minimum Gasteiger partial charge on any atom is -0.320 e. The van der Waals surface area contributed by atoms with E-state index in [1.807, 2.05) is 66.1 Å². The van der Waals surface area contributed by atoms with Gasteiger partial charge in [0.25, 0.3) is 0 Å². The topological polar surface area (TPSA) is 30.7 Å². The Kier molecular flexibility index (Phi) is 4.25. The zero-order valence-corrected chi connectivity index (χ0v) is 12.8. The van der Waals surface area contributed by atoms with Gasteiger partial charge in [-0.2, -0.15) is 5.10 Å². The van der Waals surface area contributed by atoms with E-state index in [-0.39, 0.29) is 20.1 Å². The van der Waals surface area contributed by atoms with Gasteiger partial charge in [0.05, 0.1) is 5.82 Å². The quantitative estimate of drug-likeness (QED) is 0.590. The third-order valence-electron chi connectivity index (χ3n) is 2.79. The van der Waals surface area contributed by atoms with Crippen molar-refractivity contribution in [1.29, 1.82) is 0 Å². The van der Waals surface area contributed by atoms with Gasteiger partial charge in [0.15, 0.2) is 0 Å². The summed E-state index contributed by atoms with van der Waals surface area (Å²) in [7, 11) is 0. The van der Waals surface area contributed by atoms with E-state index < -0.39 is 0 Å². The number of nitrogens with zero attached hydrogens (tertiary/aromatic N) is 3. The fourth-order valence-electron chi connectivity index (χ4n) is 1.96. The van der Waals surface area contributed by atoms with Gasteiger partial charge in [-0.05, 0) is 19.1 Å². The van der Waals surface area contributed by atoms with Crippen LogP contribution in [0.1, 0.15) is 5.82 Å². The van der Waals surface area contributed by atoms with E-state index in [4.69, 9.17) is 0 Å². The molecule has 19 heavy (non-hydrogen) atoms. The number of hydrogen-bond acceptors (Lipinski definition) is 2. The fraction of sp³-hybridized carbons (Fsp3) is 0.0667. The molecule has 0 unspecified atom stereocenters. The molecule has 0 spiro atoms. The largest absolute Gasteiger partial charge is 0.320 e. The minimum atomic E-state index is 0. The number of aromatic nitrogens is 3. The first kappa shape index (κ1) is 13.7. The van der Waals surface area contributed by atoms with E-state index >= 15 is 0 Å². The van der Waals surface area contributed by atoms with E-state index in [9.17, 15) is 0 Å². The summed E-state index contributed by atoms with van der Waals surface area (Å²) in [5.41, 5.74) is 2.01. The van der Waals surface area contributed by atoms with Gasteiger partial charge in [-0.3, -0.25) is 0 Å². The predicted molar refractivity (Wildman–Crippen MR) is 70.4 cm³/mol. The van der Waals surface area contributed by atoms with Crippen LogP contribution < -0.4 is 0 Å². The predicted octanol–water partition coefficient (Wildman–Crippen LogP) is 3.04. The molecule has 0 atom stereocenters. The maximum Gasteiger partial charge on any atom is 0.125 e. The number of hydrogen-bond donors (Lipinski definition) is 0. The molecule has 1 aromatic heterocycles. The monoisotopic (exact) mass is 427 g/mol. The molecule has 0 aliphatic rings. The van der Waals surface area contributed by atoms with Crippen LogP contribution in [0, 0.1) is 13.0 Å². The van der Waals surface area contributed by atoms with Crippen LogP contribution in [0.15, 0.2) is 54.6 Å². The zero-order chi connectivity index (χ0) is 12.4. The van der Waals surface area contributed by atoms with E-state index in [1.165, 1.54) is 0 Å². The Labute approximate surface area is 125 Å². The van der Waals surface area contributed by atoms with Crippen molar-refractivity contribution in [2.45, 2.75) is 6.92 Å². The van der Waals surface area contributed by atoms with Gasteiger partial charge < -0.3 is 4.57 Å². The fourth-order valence-corrected chi connectivity index (χ4v) is 1.96. The van der Waals surface area contributed by atoms with Crippen LogP contribution in [0.4, 0.5) is 0 Å². The SMILES string of the molecule is Cc1nnc(-c2[c-]cccc2)n1-c1ccccc1.[Ir]. The van der Waals surface area contributed by atoms with Gasteiger partial charge in [-0.25, -0.2) is 0 Å². The summed E-state index contributed by atoms with van der Waals surface area (Å²) in [5, 5.41) is 8.41. The van der Waals surface area contributed by atoms with Crippen molar-refractivity contribution in [3.8, 4) is 17.1 Å². The van der Waals surface area contributed by atoms with E-state index in [2.05, 4.69) is 16.3 Å².